The molecule has 1 aliphatic heterocycles. The summed E-state index contributed by atoms with van der Waals surface area (Å²) in [4.78, 5) is 10.1. The fourth-order valence-corrected chi connectivity index (χ4v) is 3.62. The number of benzene rings is 2. The van der Waals surface area contributed by atoms with Crippen molar-refractivity contribution in [1.82, 2.24) is 0 Å². The number of hydrogen-bond acceptors (Lipinski definition) is 6. The van der Waals surface area contributed by atoms with Gasteiger partial charge >= 0.3 is 7.82 Å². The quantitative estimate of drug-likeness (QED) is 0.471. The van der Waals surface area contributed by atoms with Gasteiger partial charge in [-0.3, -0.25) is 19.2 Å². The summed E-state index contributed by atoms with van der Waals surface area (Å²) in [5.74, 6) is 0.188. The second-order valence-electron chi connectivity index (χ2n) is 4.92. The number of nitro groups is 1. The van der Waals surface area contributed by atoms with Crippen molar-refractivity contribution in [2.75, 3.05) is 6.61 Å². The third kappa shape index (κ3) is 3.76. The predicted molar refractivity (Wildman–Crippen MR) is 82.2 cm³/mol. The number of non-ortho nitro benzene ring substituents is 1. The number of nitro benzene ring substituents is 1. The first-order valence-corrected chi connectivity index (χ1v) is 8.44. The molecule has 1 saturated heterocycles. The van der Waals surface area contributed by atoms with E-state index in [1.54, 1.807) is 0 Å². The van der Waals surface area contributed by atoms with Crippen LogP contribution in [-0.4, -0.2) is 11.5 Å². The Morgan fingerprint density at radius 2 is 1.83 bits per heavy atom. The molecule has 23 heavy (non-hydrogen) atoms. The highest BCUT2D eigenvalue weighted by molar-refractivity contribution is 7.49. The largest absolute Gasteiger partial charge is 0.530 e. The zero-order valence-corrected chi connectivity index (χ0v) is 12.9. The molecule has 0 aromatic heterocycles. The average Bonchev–Trinajstić information content (AvgIpc) is 2.56. The minimum absolute atomic E-state index is 0.0803. The lowest BCUT2D eigenvalue weighted by Gasteiger charge is -2.28. The second kappa shape index (κ2) is 6.50. The molecular formula is C15H14NO6P. The summed E-state index contributed by atoms with van der Waals surface area (Å²) < 4.78 is 28.6. The van der Waals surface area contributed by atoms with Gasteiger partial charge in [-0.2, -0.15) is 0 Å². The third-order valence-electron chi connectivity index (χ3n) is 3.32. The van der Waals surface area contributed by atoms with E-state index in [1.165, 1.54) is 24.3 Å². The van der Waals surface area contributed by atoms with Crippen molar-refractivity contribution in [3.63, 3.8) is 0 Å². The van der Waals surface area contributed by atoms with Gasteiger partial charge in [0.2, 0.25) is 0 Å². The summed E-state index contributed by atoms with van der Waals surface area (Å²) in [5.41, 5.74) is 0.812. The van der Waals surface area contributed by atoms with E-state index in [4.69, 9.17) is 13.6 Å². The number of rotatable bonds is 4. The van der Waals surface area contributed by atoms with Crippen LogP contribution in [0.5, 0.6) is 5.75 Å². The van der Waals surface area contributed by atoms with Crippen LogP contribution in [0, 0.1) is 10.1 Å². The highest BCUT2D eigenvalue weighted by Gasteiger charge is 2.37. The molecule has 0 radical (unpaired) electrons. The molecule has 0 spiro atoms. The molecule has 3 rings (SSSR count). The lowest BCUT2D eigenvalue weighted by molar-refractivity contribution is -0.384. The normalized spacial score (nSPS) is 24.1. The van der Waals surface area contributed by atoms with Gasteiger partial charge in [-0.1, -0.05) is 30.3 Å². The first-order valence-electron chi connectivity index (χ1n) is 6.98. The van der Waals surface area contributed by atoms with Crippen LogP contribution in [0.25, 0.3) is 0 Å². The first-order chi connectivity index (χ1) is 11.1. The van der Waals surface area contributed by atoms with Crippen LogP contribution < -0.4 is 4.52 Å². The van der Waals surface area contributed by atoms with E-state index >= 15 is 0 Å². The van der Waals surface area contributed by atoms with Crippen molar-refractivity contribution in [3.05, 3.63) is 70.3 Å². The van der Waals surface area contributed by atoms with E-state index < -0.39 is 12.7 Å². The minimum atomic E-state index is -3.77. The molecule has 0 amide bonds. The van der Waals surface area contributed by atoms with Crippen LogP contribution in [0.3, 0.4) is 0 Å². The molecule has 1 fully saturated rings. The lowest BCUT2D eigenvalue weighted by Crippen LogP contribution is -2.16. The predicted octanol–water partition coefficient (Wildman–Crippen LogP) is 4.26. The van der Waals surface area contributed by atoms with Crippen molar-refractivity contribution in [2.45, 2.75) is 12.5 Å². The van der Waals surface area contributed by atoms with Crippen LogP contribution in [0.15, 0.2) is 54.6 Å². The standard InChI is InChI=1S/C15H14NO6P/c17-16(18)13-6-8-14(9-7-13)21-23(19)20-11-10-15(22-23)12-4-2-1-3-5-12/h1-9,15H,10-11H2. The van der Waals surface area contributed by atoms with Gasteiger partial charge in [0.15, 0.2) is 0 Å². The molecule has 0 bridgehead atoms. The van der Waals surface area contributed by atoms with Gasteiger partial charge < -0.3 is 4.52 Å². The Morgan fingerprint density at radius 3 is 2.48 bits per heavy atom. The number of phosphoric acid groups is 1. The lowest BCUT2D eigenvalue weighted by atomic mass is 10.1. The molecule has 1 aliphatic rings. The maximum absolute atomic E-state index is 12.6. The van der Waals surface area contributed by atoms with E-state index in [2.05, 4.69) is 0 Å². The maximum atomic E-state index is 12.6. The summed E-state index contributed by atoms with van der Waals surface area (Å²) in [6.07, 6.45) is 0.186. The van der Waals surface area contributed by atoms with Gasteiger partial charge in [0.1, 0.15) is 5.75 Å². The van der Waals surface area contributed by atoms with Gasteiger partial charge in [-0.15, -0.1) is 0 Å². The molecule has 0 aliphatic carbocycles. The van der Waals surface area contributed by atoms with Crippen LogP contribution in [0.2, 0.25) is 0 Å². The van der Waals surface area contributed by atoms with Crippen molar-refractivity contribution >= 4 is 13.5 Å². The Balaban J connectivity index is 1.73. The highest BCUT2D eigenvalue weighted by atomic mass is 31.2. The molecule has 0 N–H and O–H groups in total. The van der Waals surface area contributed by atoms with E-state index in [1.807, 2.05) is 30.3 Å². The summed E-state index contributed by atoms with van der Waals surface area (Å²) in [6.45, 7) is 0.240. The molecule has 120 valence electrons. The van der Waals surface area contributed by atoms with Crippen LogP contribution in [0.1, 0.15) is 18.1 Å². The van der Waals surface area contributed by atoms with Crippen molar-refractivity contribution in [1.29, 1.82) is 0 Å². The van der Waals surface area contributed by atoms with Crippen LogP contribution in [0.4, 0.5) is 5.69 Å². The van der Waals surface area contributed by atoms with E-state index in [-0.39, 0.29) is 24.1 Å². The van der Waals surface area contributed by atoms with Gasteiger partial charge in [0.05, 0.1) is 17.6 Å². The molecule has 8 heteroatoms. The monoisotopic (exact) mass is 335 g/mol. The van der Waals surface area contributed by atoms with Crippen LogP contribution in [-0.2, 0) is 13.6 Å². The smallest absolute Gasteiger partial charge is 0.404 e. The van der Waals surface area contributed by atoms with Crippen molar-refractivity contribution in [3.8, 4) is 5.75 Å². The van der Waals surface area contributed by atoms with Gasteiger partial charge in [-0.05, 0) is 17.7 Å². The van der Waals surface area contributed by atoms with Crippen LogP contribution >= 0.6 is 7.82 Å². The molecule has 2 unspecified atom stereocenters. The van der Waals surface area contributed by atoms with Crippen molar-refractivity contribution < 1.29 is 23.1 Å². The molecule has 2 atom stereocenters. The molecule has 7 nitrogen and oxygen atoms in total. The molecule has 0 saturated carbocycles. The number of phosphoric ester groups is 1. The minimum Gasteiger partial charge on any atom is -0.404 e. The maximum Gasteiger partial charge on any atom is 0.530 e. The SMILES string of the molecule is O=[N+]([O-])c1ccc(OP2(=O)OCCC(c3ccccc3)O2)cc1. The summed E-state index contributed by atoms with van der Waals surface area (Å²) in [6, 6.07) is 14.6. The Kier molecular flexibility index (Phi) is 4.43. The molecule has 1 heterocycles. The summed E-state index contributed by atoms with van der Waals surface area (Å²) in [7, 11) is -3.77. The fourth-order valence-electron chi connectivity index (χ4n) is 2.21. The Hall–Kier alpha value is -2.21. The Bertz CT molecular complexity index is 733. The Labute approximate surface area is 132 Å². The van der Waals surface area contributed by atoms with Gasteiger partial charge in [0.25, 0.3) is 5.69 Å². The number of nitrogens with zero attached hydrogens (tertiary/aromatic N) is 1. The third-order valence-corrected chi connectivity index (χ3v) is 4.77. The van der Waals surface area contributed by atoms with Gasteiger partial charge in [0, 0.05) is 18.6 Å². The molecule has 2 aromatic carbocycles. The molecular weight excluding hydrogens is 321 g/mol. The topological polar surface area (TPSA) is 87.9 Å². The second-order valence-corrected chi connectivity index (χ2v) is 6.46. The first kappa shape index (κ1) is 15.7. The highest BCUT2D eigenvalue weighted by Crippen LogP contribution is 2.56. The average molecular weight is 335 g/mol. The zero-order valence-electron chi connectivity index (χ0n) is 12.0. The number of hydrogen-bond donors (Lipinski definition) is 0. The van der Waals surface area contributed by atoms with E-state index in [9.17, 15) is 14.7 Å². The summed E-state index contributed by atoms with van der Waals surface area (Å²) >= 11 is 0. The summed E-state index contributed by atoms with van der Waals surface area (Å²) in [5, 5.41) is 10.6. The molecule has 2 aromatic rings. The van der Waals surface area contributed by atoms with E-state index in [0.29, 0.717) is 6.42 Å². The van der Waals surface area contributed by atoms with Gasteiger partial charge in [-0.25, -0.2) is 4.57 Å². The van der Waals surface area contributed by atoms with E-state index in [0.717, 1.165) is 5.56 Å². The fraction of sp³-hybridized carbons (Fsp3) is 0.200. The Morgan fingerprint density at radius 1 is 1.13 bits per heavy atom. The zero-order chi connectivity index (χ0) is 16.3. The van der Waals surface area contributed by atoms with Crippen molar-refractivity contribution in [2.24, 2.45) is 0 Å².